The number of hydrogen-bond donors (Lipinski definition) is 2. The van der Waals surface area contributed by atoms with Crippen LogP contribution in [0.25, 0.3) is 0 Å². The Labute approximate surface area is 185 Å². The van der Waals surface area contributed by atoms with E-state index in [1.165, 1.54) is 18.2 Å². The van der Waals surface area contributed by atoms with Crippen LogP contribution in [0.3, 0.4) is 0 Å². The van der Waals surface area contributed by atoms with Crippen molar-refractivity contribution in [2.45, 2.75) is 87.1 Å². The van der Waals surface area contributed by atoms with Gasteiger partial charge >= 0.3 is 6.29 Å². The van der Waals surface area contributed by atoms with Crippen molar-refractivity contribution in [3.63, 3.8) is 0 Å². The van der Waals surface area contributed by atoms with E-state index in [1.54, 1.807) is 4.31 Å². The maximum absolute atomic E-state index is 13.3. The molecule has 0 spiro atoms. The normalized spacial score (nSPS) is 33.8. The number of nitrogens with zero attached hydrogens (tertiary/aromatic N) is 1. The van der Waals surface area contributed by atoms with Crippen LogP contribution < -0.4 is 20.5 Å². The number of piperidine rings is 1. The highest BCUT2D eigenvalue weighted by Gasteiger charge is 2.49. The number of benzene rings is 1. The molecule has 3 atom stereocenters. The summed E-state index contributed by atoms with van der Waals surface area (Å²) in [5, 5.41) is 2.57. The first-order valence-corrected chi connectivity index (χ1v) is 12.6. The molecule has 1 aromatic carbocycles. The Bertz CT molecular complexity index is 999. The zero-order valence-corrected chi connectivity index (χ0v) is 18.3. The maximum atomic E-state index is 13.3. The van der Waals surface area contributed by atoms with Crippen LogP contribution >= 0.6 is 0 Å². The highest BCUT2D eigenvalue weighted by atomic mass is 32.2. The SMILES string of the molecule is NC1CCC(S(=O)(=O)N2[C@@H]3CC[C@H]2C[C@@H](NC(=O)c2ccc4c(c2)OC(F)(F)O4)C3)CC1. The number of nitrogens with two attached hydrogens (primary N) is 1. The van der Waals surface area contributed by atoms with Gasteiger partial charge in [0.1, 0.15) is 0 Å². The molecule has 3 fully saturated rings. The van der Waals surface area contributed by atoms with Gasteiger partial charge in [-0.1, -0.05) is 0 Å². The minimum atomic E-state index is -3.74. The summed E-state index contributed by atoms with van der Waals surface area (Å²) >= 11 is 0. The minimum absolute atomic E-state index is 0.0847. The monoisotopic (exact) mass is 471 g/mol. The van der Waals surface area contributed by atoms with E-state index in [4.69, 9.17) is 5.73 Å². The molecule has 5 rings (SSSR count). The lowest BCUT2D eigenvalue weighted by Gasteiger charge is -2.41. The molecule has 1 aliphatic carbocycles. The first-order valence-electron chi connectivity index (χ1n) is 11.1. The highest BCUT2D eigenvalue weighted by Crippen LogP contribution is 2.42. The highest BCUT2D eigenvalue weighted by molar-refractivity contribution is 7.89. The number of carbonyl (C=O) groups excluding carboxylic acids is 1. The van der Waals surface area contributed by atoms with E-state index in [-0.39, 0.29) is 46.5 Å². The molecule has 3 heterocycles. The number of carbonyl (C=O) groups is 1. The van der Waals surface area contributed by atoms with Gasteiger partial charge in [-0.25, -0.2) is 8.42 Å². The standard InChI is InChI=1S/C21H27F2N3O5S/c22-21(23)30-18-8-1-12(9-19(18)31-21)20(27)25-14-10-15-4-5-16(11-14)26(15)32(28,29)17-6-2-13(24)3-7-17/h1,8-9,13-17H,2-7,10-11,24H2,(H,25,27)/t13?,14-,15+,16-,17?. The molecule has 3 aliphatic heterocycles. The molecule has 1 saturated carbocycles. The van der Waals surface area contributed by atoms with Crippen LogP contribution in [0.1, 0.15) is 61.7 Å². The van der Waals surface area contributed by atoms with Crippen molar-refractivity contribution in [3.8, 4) is 11.5 Å². The molecule has 176 valence electrons. The van der Waals surface area contributed by atoms with Gasteiger partial charge in [-0.05, 0) is 69.6 Å². The second-order valence-corrected chi connectivity index (χ2v) is 11.4. The van der Waals surface area contributed by atoms with Gasteiger partial charge in [0.05, 0.1) is 5.25 Å². The fourth-order valence-corrected chi connectivity index (χ4v) is 8.01. The van der Waals surface area contributed by atoms with E-state index in [1.807, 2.05) is 0 Å². The molecule has 0 unspecified atom stereocenters. The van der Waals surface area contributed by atoms with Gasteiger partial charge in [0.15, 0.2) is 11.5 Å². The van der Waals surface area contributed by atoms with Crippen molar-refractivity contribution in [2.24, 2.45) is 5.73 Å². The van der Waals surface area contributed by atoms with Crippen LogP contribution in [0.4, 0.5) is 8.78 Å². The van der Waals surface area contributed by atoms with E-state index in [9.17, 15) is 22.0 Å². The Kier molecular flexibility index (Phi) is 5.33. The van der Waals surface area contributed by atoms with Crippen molar-refractivity contribution in [1.29, 1.82) is 0 Å². The Morgan fingerprint density at radius 3 is 2.31 bits per heavy atom. The molecule has 8 nitrogen and oxygen atoms in total. The zero-order chi connectivity index (χ0) is 22.7. The summed E-state index contributed by atoms with van der Waals surface area (Å²) in [6.07, 6.45) is 1.56. The summed E-state index contributed by atoms with van der Waals surface area (Å²) in [5.41, 5.74) is 6.13. The smallest absolute Gasteiger partial charge is 0.395 e. The summed E-state index contributed by atoms with van der Waals surface area (Å²) in [6.45, 7) is 0. The summed E-state index contributed by atoms with van der Waals surface area (Å²) in [6, 6.07) is 3.55. The van der Waals surface area contributed by atoms with Crippen molar-refractivity contribution < 1.29 is 31.5 Å². The third-order valence-corrected chi connectivity index (χ3v) is 9.60. The third kappa shape index (κ3) is 3.94. The lowest BCUT2D eigenvalue weighted by molar-refractivity contribution is -0.286. The van der Waals surface area contributed by atoms with Crippen LogP contribution in [0.5, 0.6) is 11.5 Å². The molecule has 32 heavy (non-hydrogen) atoms. The number of fused-ring (bicyclic) bond motifs is 3. The molecule has 2 saturated heterocycles. The molecule has 11 heteroatoms. The van der Waals surface area contributed by atoms with Gasteiger partial charge in [-0.3, -0.25) is 4.79 Å². The molecule has 0 radical (unpaired) electrons. The van der Waals surface area contributed by atoms with Gasteiger partial charge in [-0.15, -0.1) is 8.78 Å². The number of nitrogens with one attached hydrogen (secondary N) is 1. The van der Waals surface area contributed by atoms with Gasteiger partial charge in [0.2, 0.25) is 10.0 Å². The van der Waals surface area contributed by atoms with E-state index in [2.05, 4.69) is 14.8 Å². The molecular formula is C21H27F2N3O5S. The van der Waals surface area contributed by atoms with Gasteiger partial charge in [0, 0.05) is 29.7 Å². The summed E-state index contributed by atoms with van der Waals surface area (Å²) < 4.78 is 63.6. The second-order valence-electron chi connectivity index (χ2n) is 9.27. The molecule has 0 aromatic heterocycles. The van der Waals surface area contributed by atoms with E-state index in [0.717, 1.165) is 25.7 Å². The molecule has 2 bridgehead atoms. The minimum Gasteiger partial charge on any atom is -0.395 e. The van der Waals surface area contributed by atoms with Crippen molar-refractivity contribution in [2.75, 3.05) is 0 Å². The van der Waals surface area contributed by atoms with Crippen LogP contribution in [0.15, 0.2) is 18.2 Å². The lowest BCUT2D eigenvalue weighted by Crippen LogP contribution is -2.55. The maximum Gasteiger partial charge on any atom is 0.586 e. The molecule has 1 aromatic rings. The van der Waals surface area contributed by atoms with Gasteiger partial charge in [0.25, 0.3) is 5.91 Å². The topological polar surface area (TPSA) is 111 Å². The molecule has 1 amide bonds. The average Bonchev–Trinajstić information content (AvgIpc) is 3.19. The zero-order valence-electron chi connectivity index (χ0n) is 17.5. The van der Waals surface area contributed by atoms with Crippen LogP contribution in [-0.2, 0) is 10.0 Å². The predicted molar refractivity (Wildman–Crippen MR) is 111 cm³/mol. The second kappa shape index (κ2) is 7.81. The van der Waals surface area contributed by atoms with Crippen LogP contribution in [0, 0.1) is 0 Å². The number of halogens is 2. The third-order valence-electron chi connectivity index (χ3n) is 7.10. The summed E-state index contributed by atoms with van der Waals surface area (Å²) in [5.74, 6) is -0.712. The quantitative estimate of drug-likeness (QED) is 0.697. The Hall–Kier alpha value is -1.98. The molecule has 4 aliphatic rings. The first kappa shape index (κ1) is 21.8. The number of sulfonamides is 1. The van der Waals surface area contributed by atoms with Crippen molar-refractivity contribution in [1.82, 2.24) is 9.62 Å². The van der Waals surface area contributed by atoms with E-state index < -0.39 is 22.2 Å². The lowest BCUT2D eigenvalue weighted by atomic mass is 9.96. The summed E-state index contributed by atoms with van der Waals surface area (Å²) in [7, 11) is -3.40. The number of amides is 1. The van der Waals surface area contributed by atoms with Crippen LogP contribution in [-0.4, -0.2) is 54.3 Å². The van der Waals surface area contributed by atoms with E-state index in [0.29, 0.717) is 25.7 Å². The Balaban J connectivity index is 1.24. The molecule has 3 N–H and O–H groups in total. The van der Waals surface area contributed by atoms with Gasteiger partial charge in [-0.2, -0.15) is 4.31 Å². The largest absolute Gasteiger partial charge is 0.586 e. The predicted octanol–water partition coefficient (Wildman–Crippen LogP) is 2.33. The molecular weight excluding hydrogens is 444 g/mol. The number of ether oxygens (including phenoxy) is 2. The number of rotatable bonds is 4. The first-order chi connectivity index (χ1) is 15.1. The number of hydrogen-bond acceptors (Lipinski definition) is 6. The average molecular weight is 472 g/mol. The van der Waals surface area contributed by atoms with E-state index >= 15 is 0 Å². The van der Waals surface area contributed by atoms with Gasteiger partial charge < -0.3 is 20.5 Å². The van der Waals surface area contributed by atoms with Crippen molar-refractivity contribution >= 4 is 15.9 Å². The Morgan fingerprint density at radius 2 is 1.66 bits per heavy atom. The summed E-state index contributed by atoms with van der Waals surface area (Å²) in [4.78, 5) is 12.7. The Morgan fingerprint density at radius 1 is 1.03 bits per heavy atom. The fourth-order valence-electron chi connectivity index (χ4n) is 5.58. The van der Waals surface area contributed by atoms with Crippen LogP contribution in [0.2, 0.25) is 0 Å². The van der Waals surface area contributed by atoms with Crippen molar-refractivity contribution in [3.05, 3.63) is 23.8 Å². The fraction of sp³-hybridized carbons (Fsp3) is 0.667. The number of alkyl halides is 2.